The number of rotatable bonds is 6. The van der Waals surface area contributed by atoms with Crippen LogP contribution < -0.4 is 15.8 Å². The second-order valence-corrected chi connectivity index (χ2v) is 8.74. The summed E-state index contributed by atoms with van der Waals surface area (Å²) in [5, 5.41) is 11.3. The maximum absolute atomic E-state index is 12.4. The second kappa shape index (κ2) is 7.99. The number of nitrogens with two attached hydrogens (primary N) is 1. The number of hydrogen-bond donors (Lipinski definition) is 3. The fourth-order valence-electron chi connectivity index (χ4n) is 2.27. The molecule has 1 amide bonds. The molecule has 0 aromatic heterocycles. The molecule has 0 radical (unpaired) electrons. The number of carbonyl (C=O) groups excluding carboxylic acids is 1. The first-order chi connectivity index (χ1) is 12.0. The molecule has 0 unspecified atom stereocenters. The van der Waals surface area contributed by atoms with Crippen molar-refractivity contribution in [3.63, 3.8) is 0 Å². The molecule has 140 valence electrons. The van der Waals surface area contributed by atoms with Gasteiger partial charge in [0, 0.05) is 24.2 Å². The van der Waals surface area contributed by atoms with E-state index in [1.54, 1.807) is 18.2 Å². The van der Waals surface area contributed by atoms with Gasteiger partial charge in [-0.3, -0.25) is 4.79 Å². The Kier molecular flexibility index (Phi) is 6.17. The maximum Gasteiger partial charge on any atom is 0.251 e. The summed E-state index contributed by atoms with van der Waals surface area (Å²) >= 11 is 0. The van der Waals surface area contributed by atoms with Crippen LogP contribution in [0.15, 0.2) is 53.4 Å². The average Bonchev–Trinajstić information content (AvgIpc) is 2.57. The van der Waals surface area contributed by atoms with Gasteiger partial charge < -0.3 is 10.6 Å². The third-order valence-electron chi connectivity index (χ3n) is 3.72. The predicted molar refractivity (Wildman–Crippen MR) is 102 cm³/mol. The SMILES string of the molecule is CC(C)(C)NCc1cccc(C(=O)NCc2ccc(S(N)(=O)=O)cc2)c1. The molecule has 4 N–H and O–H groups in total. The molecule has 0 saturated carbocycles. The maximum atomic E-state index is 12.4. The van der Waals surface area contributed by atoms with E-state index in [4.69, 9.17) is 5.14 Å². The summed E-state index contributed by atoms with van der Waals surface area (Å²) in [5.74, 6) is -0.182. The highest BCUT2D eigenvalue weighted by atomic mass is 32.2. The van der Waals surface area contributed by atoms with E-state index in [9.17, 15) is 13.2 Å². The number of hydrogen-bond acceptors (Lipinski definition) is 4. The first-order valence-electron chi connectivity index (χ1n) is 8.28. The molecule has 0 aliphatic carbocycles. The number of benzene rings is 2. The highest BCUT2D eigenvalue weighted by Crippen LogP contribution is 2.10. The molecule has 0 saturated heterocycles. The zero-order chi connectivity index (χ0) is 19.4. The average molecular weight is 375 g/mol. The molecular weight excluding hydrogens is 350 g/mol. The number of primary sulfonamides is 1. The van der Waals surface area contributed by atoms with E-state index in [0.29, 0.717) is 18.7 Å². The van der Waals surface area contributed by atoms with Gasteiger partial charge in [-0.25, -0.2) is 13.6 Å². The molecule has 0 bridgehead atoms. The van der Waals surface area contributed by atoms with Crippen LogP contribution in [0.4, 0.5) is 0 Å². The molecule has 2 aromatic carbocycles. The summed E-state index contributed by atoms with van der Waals surface area (Å²) in [6, 6.07) is 13.6. The molecule has 0 heterocycles. The monoisotopic (exact) mass is 375 g/mol. The van der Waals surface area contributed by atoms with Crippen LogP contribution in [0.1, 0.15) is 42.3 Å². The van der Waals surface area contributed by atoms with Gasteiger partial charge >= 0.3 is 0 Å². The molecule has 26 heavy (non-hydrogen) atoms. The molecule has 0 aliphatic heterocycles. The number of carbonyl (C=O) groups is 1. The van der Waals surface area contributed by atoms with Gasteiger partial charge in [0.15, 0.2) is 0 Å². The van der Waals surface area contributed by atoms with Crippen LogP contribution in [-0.4, -0.2) is 19.9 Å². The Morgan fingerprint density at radius 3 is 2.23 bits per heavy atom. The molecule has 0 spiro atoms. The van der Waals surface area contributed by atoms with Gasteiger partial charge in [0.1, 0.15) is 0 Å². The van der Waals surface area contributed by atoms with Crippen molar-refractivity contribution in [2.24, 2.45) is 5.14 Å². The highest BCUT2D eigenvalue weighted by molar-refractivity contribution is 7.89. The van der Waals surface area contributed by atoms with Crippen molar-refractivity contribution in [2.75, 3.05) is 0 Å². The number of sulfonamides is 1. The molecule has 0 fully saturated rings. The largest absolute Gasteiger partial charge is 0.348 e. The topological polar surface area (TPSA) is 101 Å². The minimum atomic E-state index is -3.71. The lowest BCUT2D eigenvalue weighted by Crippen LogP contribution is -2.35. The van der Waals surface area contributed by atoms with Crippen molar-refractivity contribution >= 4 is 15.9 Å². The lowest BCUT2D eigenvalue weighted by Gasteiger charge is -2.20. The molecular formula is C19H25N3O3S. The predicted octanol–water partition coefficient (Wildman–Crippen LogP) is 2.15. The normalized spacial score (nSPS) is 12.0. The van der Waals surface area contributed by atoms with Crippen LogP contribution in [0.5, 0.6) is 0 Å². The first-order valence-corrected chi connectivity index (χ1v) is 9.83. The fourth-order valence-corrected chi connectivity index (χ4v) is 2.79. The summed E-state index contributed by atoms with van der Waals surface area (Å²) in [6.45, 7) is 7.24. The van der Waals surface area contributed by atoms with Crippen molar-refractivity contribution in [1.29, 1.82) is 0 Å². The smallest absolute Gasteiger partial charge is 0.251 e. The zero-order valence-corrected chi connectivity index (χ0v) is 16.1. The van der Waals surface area contributed by atoms with Gasteiger partial charge in [-0.2, -0.15) is 0 Å². The number of nitrogens with one attached hydrogen (secondary N) is 2. The Balaban J connectivity index is 1.97. The summed E-state index contributed by atoms with van der Waals surface area (Å²) in [5.41, 5.74) is 2.40. The Morgan fingerprint density at radius 1 is 1.00 bits per heavy atom. The van der Waals surface area contributed by atoms with E-state index in [0.717, 1.165) is 11.1 Å². The lowest BCUT2D eigenvalue weighted by molar-refractivity contribution is 0.0950. The standard InChI is InChI=1S/C19H25N3O3S/c1-19(2,3)22-13-15-5-4-6-16(11-15)18(23)21-12-14-7-9-17(10-8-14)26(20,24)25/h4-11,22H,12-13H2,1-3H3,(H,21,23)(H2,20,24,25). The van der Waals surface area contributed by atoms with Crippen molar-refractivity contribution in [3.05, 3.63) is 65.2 Å². The molecule has 7 heteroatoms. The Labute approximate surface area is 154 Å². The van der Waals surface area contributed by atoms with Crippen LogP contribution in [0.25, 0.3) is 0 Å². The van der Waals surface area contributed by atoms with Crippen LogP contribution >= 0.6 is 0 Å². The summed E-state index contributed by atoms with van der Waals surface area (Å²) in [4.78, 5) is 12.4. The minimum absolute atomic E-state index is 0.00142. The summed E-state index contributed by atoms with van der Waals surface area (Å²) in [7, 11) is -3.71. The van der Waals surface area contributed by atoms with Gasteiger partial charge in [-0.1, -0.05) is 24.3 Å². The molecule has 0 aliphatic rings. The Bertz CT molecular complexity index is 870. The van der Waals surface area contributed by atoms with Crippen LogP contribution in [0, 0.1) is 0 Å². The summed E-state index contributed by atoms with van der Waals surface area (Å²) < 4.78 is 22.5. The zero-order valence-electron chi connectivity index (χ0n) is 15.2. The molecule has 2 rings (SSSR count). The Hall–Kier alpha value is -2.22. The van der Waals surface area contributed by atoms with Crippen molar-refractivity contribution in [1.82, 2.24) is 10.6 Å². The van der Waals surface area contributed by atoms with Gasteiger partial charge in [0.05, 0.1) is 4.90 Å². The van der Waals surface area contributed by atoms with E-state index < -0.39 is 10.0 Å². The highest BCUT2D eigenvalue weighted by Gasteiger charge is 2.11. The van der Waals surface area contributed by atoms with Gasteiger partial charge in [0.25, 0.3) is 5.91 Å². The van der Waals surface area contributed by atoms with Crippen LogP contribution in [0.2, 0.25) is 0 Å². The minimum Gasteiger partial charge on any atom is -0.348 e. The molecule has 2 aromatic rings. The number of amides is 1. The third-order valence-corrected chi connectivity index (χ3v) is 4.65. The van der Waals surface area contributed by atoms with Crippen molar-refractivity contribution < 1.29 is 13.2 Å². The summed E-state index contributed by atoms with van der Waals surface area (Å²) in [6.07, 6.45) is 0. The quantitative estimate of drug-likeness (QED) is 0.720. The van der Waals surface area contributed by atoms with Crippen molar-refractivity contribution in [2.45, 2.75) is 44.3 Å². The second-order valence-electron chi connectivity index (χ2n) is 7.18. The van der Waals surface area contributed by atoms with E-state index in [-0.39, 0.29) is 16.3 Å². The van der Waals surface area contributed by atoms with Crippen LogP contribution in [-0.2, 0) is 23.1 Å². The van der Waals surface area contributed by atoms with E-state index >= 15 is 0 Å². The van der Waals surface area contributed by atoms with Gasteiger partial charge in [-0.05, 0) is 56.2 Å². The fraction of sp³-hybridized carbons (Fsp3) is 0.316. The van der Waals surface area contributed by atoms with E-state index in [2.05, 4.69) is 31.4 Å². The first kappa shape index (κ1) is 20.1. The molecule has 0 atom stereocenters. The molecule has 6 nitrogen and oxygen atoms in total. The Morgan fingerprint density at radius 2 is 1.65 bits per heavy atom. The van der Waals surface area contributed by atoms with E-state index in [1.165, 1.54) is 12.1 Å². The van der Waals surface area contributed by atoms with E-state index in [1.807, 2.05) is 18.2 Å². The third kappa shape index (κ3) is 6.25. The van der Waals surface area contributed by atoms with Gasteiger partial charge in [-0.15, -0.1) is 0 Å². The van der Waals surface area contributed by atoms with Crippen LogP contribution in [0.3, 0.4) is 0 Å². The van der Waals surface area contributed by atoms with Crippen molar-refractivity contribution in [3.8, 4) is 0 Å². The van der Waals surface area contributed by atoms with Gasteiger partial charge in [0.2, 0.25) is 10.0 Å². The lowest BCUT2D eigenvalue weighted by atomic mass is 10.1.